The number of aromatic amines is 1. The molecule has 138 valence electrons. The predicted octanol–water partition coefficient (Wildman–Crippen LogP) is 1.71. The number of rotatable bonds is 6. The molecular weight excluding hydrogens is 346 g/mol. The number of ether oxygens (including phenoxy) is 1. The average molecular weight is 365 g/mol. The van der Waals surface area contributed by atoms with E-state index in [1.54, 1.807) is 24.3 Å². The first-order chi connectivity index (χ1) is 13.0. The van der Waals surface area contributed by atoms with Crippen molar-refractivity contribution in [3.05, 3.63) is 76.2 Å². The van der Waals surface area contributed by atoms with Gasteiger partial charge in [-0.2, -0.15) is 5.10 Å². The molecule has 1 aromatic heterocycles. The van der Waals surface area contributed by atoms with Crippen LogP contribution in [0.25, 0.3) is 10.8 Å². The van der Waals surface area contributed by atoms with Crippen molar-refractivity contribution in [2.24, 2.45) is 0 Å². The van der Waals surface area contributed by atoms with Gasteiger partial charge in [0.05, 0.1) is 17.5 Å². The number of esters is 1. The number of hydrogen-bond acceptors (Lipinski definition) is 5. The quantitative estimate of drug-likeness (QED) is 0.648. The molecule has 27 heavy (non-hydrogen) atoms. The van der Waals surface area contributed by atoms with Gasteiger partial charge < -0.3 is 10.1 Å². The Morgan fingerprint density at radius 2 is 1.74 bits per heavy atom. The van der Waals surface area contributed by atoms with E-state index in [2.05, 4.69) is 15.5 Å². The summed E-state index contributed by atoms with van der Waals surface area (Å²) in [5.74, 6) is -0.978. The summed E-state index contributed by atoms with van der Waals surface area (Å²) in [7, 11) is 0. The zero-order chi connectivity index (χ0) is 19.2. The van der Waals surface area contributed by atoms with Crippen LogP contribution in [-0.2, 0) is 27.3 Å². The van der Waals surface area contributed by atoms with Crippen LogP contribution < -0.4 is 10.9 Å². The van der Waals surface area contributed by atoms with Crippen molar-refractivity contribution in [2.75, 3.05) is 0 Å². The molecule has 0 saturated carbocycles. The van der Waals surface area contributed by atoms with Crippen molar-refractivity contribution in [1.82, 2.24) is 15.5 Å². The van der Waals surface area contributed by atoms with Gasteiger partial charge in [0.2, 0.25) is 0 Å². The fraction of sp³-hybridized carbons (Fsp3) is 0.200. The monoisotopic (exact) mass is 365 g/mol. The lowest BCUT2D eigenvalue weighted by Crippen LogP contribution is -2.35. The number of carbonyl (C=O) groups excluding carboxylic acids is 2. The molecule has 1 atom stereocenters. The van der Waals surface area contributed by atoms with Crippen molar-refractivity contribution in [2.45, 2.75) is 26.0 Å². The molecule has 2 N–H and O–H groups in total. The Morgan fingerprint density at radius 3 is 2.48 bits per heavy atom. The molecule has 3 aromatic rings. The van der Waals surface area contributed by atoms with Crippen molar-refractivity contribution < 1.29 is 14.3 Å². The summed E-state index contributed by atoms with van der Waals surface area (Å²) >= 11 is 0. The minimum absolute atomic E-state index is 0.145. The summed E-state index contributed by atoms with van der Waals surface area (Å²) in [5.41, 5.74) is 1.02. The van der Waals surface area contributed by atoms with Crippen LogP contribution in [0.1, 0.15) is 18.2 Å². The van der Waals surface area contributed by atoms with Crippen LogP contribution in [-0.4, -0.2) is 28.2 Å². The molecule has 0 aliphatic carbocycles. The molecule has 0 unspecified atom stereocenters. The number of nitrogens with zero attached hydrogens (tertiary/aromatic N) is 1. The van der Waals surface area contributed by atoms with E-state index in [4.69, 9.17) is 4.74 Å². The molecule has 3 rings (SSSR count). The van der Waals surface area contributed by atoms with E-state index in [-0.39, 0.29) is 17.9 Å². The Balaban J connectivity index is 1.60. The van der Waals surface area contributed by atoms with Crippen molar-refractivity contribution in [3.8, 4) is 0 Å². The third-order valence-electron chi connectivity index (χ3n) is 4.07. The highest BCUT2D eigenvalue weighted by molar-refractivity contribution is 5.88. The fourth-order valence-electron chi connectivity index (χ4n) is 2.66. The number of benzene rings is 2. The highest BCUT2D eigenvalue weighted by Gasteiger charge is 2.19. The normalized spacial score (nSPS) is 11.7. The fourth-order valence-corrected chi connectivity index (χ4v) is 2.66. The largest absolute Gasteiger partial charge is 0.452 e. The van der Waals surface area contributed by atoms with Crippen LogP contribution in [0.4, 0.5) is 0 Å². The third-order valence-corrected chi connectivity index (χ3v) is 4.07. The molecule has 0 aliphatic rings. The minimum atomic E-state index is -0.935. The number of aromatic nitrogens is 2. The maximum Gasteiger partial charge on any atom is 0.312 e. The summed E-state index contributed by atoms with van der Waals surface area (Å²) in [4.78, 5) is 36.1. The molecule has 0 spiro atoms. The Kier molecular flexibility index (Phi) is 5.61. The molecular formula is C20H19N3O4. The van der Waals surface area contributed by atoms with E-state index in [1.165, 1.54) is 6.92 Å². The smallest absolute Gasteiger partial charge is 0.312 e. The molecule has 1 amide bonds. The van der Waals surface area contributed by atoms with Crippen molar-refractivity contribution in [1.29, 1.82) is 0 Å². The van der Waals surface area contributed by atoms with Gasteiger partial charge in [-0.3, -0.25) is 14.4 Å². The molecule has 0 saturated heterocycles. The Labute approximate surface area is 155 Å². The predicted molar refractivity (Wildman–Crippen MR) is 99.9 cm³/mol. The van der Waals surface area contributed by atoms with Crippen LogP contribution in [0.15, 0.2) is 59.4 Å². The van der Waals surface area contributed by atoms with Gasteiger partial charge in [-0.15, -0.1) is 0 Å². The average Bonchev–Trinajstić information content (AvgIpc) is 2.69. The summed E-state index contributed by atoms with van der Waals surface area (Å²) in [6, 6.07) is 16.3. The first kappa shape index (κ1) is 18.3. The van der Waals surface area contributed by atoms with Gasteiger partial charge in [0.25, 0.3) is 11.5 Å². The summed E-state index contributed by atoms with van der Waals surface area (Å²) in [6.07, 6.45) is -1.08. The zero-order valence-electron chi connectivity index (χ0n) is 14.8. The first-order valence-electron chi connectivity index (χ1n) is 8.52. The van der Waals surface area contributed by atoms with Gasteiger partial charge in [0, 0.05) is 11.9 Å². The summed E-state index contributed by atoms with van der Waals surface area (Å²) in [5, 5.41) is 10.1. The molecule has 0 fully saturated rings. The van der Waals surface area contributed by atoms with E-state index in [9.17, 15) is 14.4 Å². The number of hydrogen-bond donors (Lipinski definition) is 2. The van der Waals surface area contributed by atoms with Gasteiger partial charge in [-0.1, -0.05) is 48.5 Å². The Morgan fingerprint density at radius 1 is 1.07 bits per heavy atom. The maximum absolute atomic E-state index is 12.2. The number of carbonyl (C=O) groups is 2. The van der Waals surface area contributed by atoms with Crippen molar-refractivity contribution in [3.63, 3.8) is 0 Å². The summed E-state index contributed by atoms with van der Waals surface area (Å²) < 4.78 is 5.20. The highest BCUT2D eigenvalue weighted by Crippen LogP contribution is 2.13. The summed E-state index contributed by atoms with van der Waals surface area (Å²) in [6.45, 7) is 1.87. The number of fused-ring (bicyclic) bond motifs is 1. The molecule has 7 heteroatoms. The van der Waals surface area contributed by atoms with E-state index in [0.29, 0.717) is 23.0 Å². The second-order valence-electron chi connectivity index (χ2n) is 6.06. The van der Waals surface area contributed by atoms with Crippen LogP contribution >= 0.6 is 0 Å². The van der Waals surface area contributed by atoms with Crippen LogP contribution in [0.3, 0.4) is 0 Å². The maximum atomic E-state index is 12.2. The van der Waals surface area contributed by atoms with Crippen LogP contribution in [0, 0.1) is 0 Å². The van der Waals surface area contributed by atoms with Crippen LogP contribution in [0.2, 0.25) is 0 Å². The molecule has 7 nitrogen and oxygen atoms in total. The Hall–Kier alpha value is -3.48. The van der Waals surface area contributed by atoms with Gasteiger partial charge in [-0.05, 0) is 18.6 Å². The zero-order valence-corrected chi connectivity index (χ0v) is 14.8. The molecule has 0 bridgehead atoms. The minimum Gasteiger partial charge on any atom is -0.452 e. The second kappa shape index (κ2) is 8.27. The van der Waals surface area contributed by atoms with Crippen molar-refractivity contribution >= 4 is 22.6 Å². The van der Waals surface area contributed by atoms with Gasteiger partial charge in [0.1, 0.15) is 0 Å². The van der Waals surface area contributed by atoms with E-state index < -0.39 is 12.1 Å². The van der Waals surface area contributed by atoms with Gasteiger partial charge in [0.15, 0.2) is 6.10 Å². The Bertz CT molecular complexity index is 1010. The van der Waals surface area contributed by atoms with E-state index in [1.807, 2.05) is 30.3 Å². The number of amides is 1. The lowest BCUT2D eigenvalue weighted by atomic mass is 10.1. The van der Waals surface area contributed by atoms with Crippen LogP contribution in [0.5, 0.6) is 0 Å². The lowest BCUT2D eigenvalue weighted by molar-refractivity contribution is -0.154. The molecule has 0 aliphatic heterocycles. The van der Waals surface area contributed by atoms with Gasteiger partial charge in [-0.25, -0.2) is 5.10 Å². The van der Waals surface area contributed by atoms with Gasteiger partial charge >= 0.3 is 5.97 Å². The lowest BCUT2D eigenvalue weighted by Gasteiger charge is -2.13. The molecule has 0 radical (unpaired) electrons. The topological polar surface area (TPSA) is 101 Å². The van der Waals surface area contributed by atoms with E-state index in [0.717, 1.165) is 5.56 Å². The third kappa shape index (κ3) is 4.58. The number of nitrogens with one attached hydrogen (secondary N) is 2. The number of H-pyrrole nitrogens is 1. The SMILES string of the molecule is C[C@H](OC(=O)Cc1n[nH]c(=O)c2ccccc12)C(=O)NCc1ccccc1. The second-order valence-corrected chi connectivity index (χ2v) is 6.06. The molecule has 2 aromatic carbocycles. The standard InChI is InChI=1S/C20H19N3O4/c1-13(19(25)21-12-14-7-3-2-4-8-14)27-18(24)11-17-15-9-5-6-10-16(15)20(26)23-22-17/h2-10,13H,11-12H2,1H3,(H,21,25)(H,23,26)/t13-/m0/s1. The van der Waals surface area contributed by atoms with E-state index >= 15 is 0 Å². The highest BCUT2D eigenvalue weighted by atomic mass is 16.5. The first-order valence-corrected chi connectivity index (χ1v) is 8.52. The molecule has 1 heterocycles.